The van der Waals surface area contributed by atoms with Crippen molar-refractivity contribution in [1.29, 1.82) is 0 Å². The smallest absolute Gasteiger partial charge is 0.406 e. The maximum Gasteiger partial charge on any atom is 0.573 e. The van der Waals surface area contributed by atoms with E-state index in [-0.39, 0.29) is 47.4 Å². The number of nitrogens with zero attached hydrogens (tertiary/aromatic N) is 3. The van der Waals surface area contributed by atoms with Gasteiger partial charge in [-0.25, -0.2) is 4.99 Å². The number of rotatable bonds is 2. The van der Waals surface area contributed by atoms with Gasteiger partial charge < -0.3 is 21.1 Å². The summed E-state index contributed by atoms with van der Waals surface area (Å²) in [6, 6.07) is 3.42. The zero-order valence-corrected chi connectivity index (χ0v) is 15.9. The zero-order valence-electron chi connectivity index (χ0n) is 13.5. The van der Waals surface area contributed by atoms with Gasteiger partial charge in [-0.05, 0) is 31.4 Å². The Morgan fingerprint density at radius 3 is 2.27 bits per heavy atom. The normalized spacial score (nSPS) is 15.8. The van der Waals surface area contributed by atoms with Crippen molar-refractivity contribution in [3.63, 3.8) is 0 Å². The molecule has 1 saturated heterocycles. The molecule has 0 spiro atoms. The van der Waals surface area contributed by atoms with Gasteiger partial charge in [0.2, 0.25) is 5.96 Å². The van der Waals surface area contributed by atoms with E-state index >= 15 is 0 Å². The average molecular weight is 437 g/mol. The monoisotopic (exact) mass is 435 g/mol. The zero-order chi connectivity index (χ0) is 17.7. The van der Waals surface area contributed by atoms with Crippen LogP contribution in [0.1, 0.15) is 19.3 Å². The van der Waals surface area contributed by atoms with Crippen LogP contribution < -0.4 is 16.2 Å². The molecule has 0 aliphatic carbocycles. The Labute approximate surface area is 166 Å². The lowest BCUT2D eigenvalue weighted by Crippen LogP contribution is -2.41. The van der Waals surface area contributed by atoms with Crippen LogP contribution >= 0.6 is 36.4 Å². The van der Waals surface area contributed by atoms with Gasteiger partial charge in [0, 0.05) is 24.2 Å². The van der Waals surface area contributed by atoms with Crippen molar-refractivity contribution in [3.05, 3.63) is 23.2 Å². The fourth-order valence-corrected chi connectivity index (χ4v) is 2.49. The number of alkyl halides is 3. The molecule has 1 heterocycles. The van der Waals surface area contributed by atoms with Crippen molar-refractivity contribution in [2.75, 3.05) is 13.1 Å². The molecule has 0 aromatic heterocycles. The van der Waals surface area contributed by atoms with Crippen molar-refractivity contribution >= 4 is 54.0 Å². The highest BCUT2D eigenvalue weighted by molar-refractivity contribution is 6.31. The van der Waals surface area contributed by atoms with Crippen LogP contribution in [0.5, 0.6) is 5.75 Å². The minimum Gasteiger partial charge on any atom is -0.406 e. The molecule has 6 nitrogen and oxygen atoms in total. The molecule has 1 aromatic rings. The molecule has 4 N–H and O–H groups in total. The van der Waals surface area contributed by atoms with Gasteiger partial charge in [-0.3, -0.25) is 0 Å². The predicted molar refractivity (Wildman–Crippen MR) is 101 cm³/mol. The first kappa shape index (κ1) is 24.4. The SMILES string of the molecule is Cl.Cl.NC(=Nc1cc(Cl)cc(OC(F)(F)F)c1)/N=C(/N)N1CCCCC1. The lowest BCUT2D eigenvalue weighted by molar-refractivity contribution is -0.274. The fraction of sp³-hybridized carbons (Fsp3) is 0.429. The van der Waals surface area contributed by atoms with E-state index in [1.54, 1.807) is 0 Å². The van der Waals surface area contributed by atoms with Gasteiger partial charge in [0.1, 0.15) is 5.75 Å². The summed E-state index contributed by atoms with van der Waals surface area (Å²) in [5.41, 5.74) is 11.6. The van der Waals surface area contributed by atoms with Crippen LogP contribution in [0, 0.1) is 0 Å². The van der Waals surface area contributed by atoms with Gasteiger partial charge in [0.15, 0.2) is 5.96 Å². The molecule has 0 radical (unpaired) electrons. The summed E-state index contributed by atoms with van der Waals surface area (Å²) in [6.45, 7) is 1.56. The van der Waals surface area contributed by atoms with Gasteiger partial charge in [-0.2, -0.15) is 4.99 Å². The first-order valence-corrected chi connectivity index (χ1v) is 7.60. The number of hydrogen-bond donors (Lipinski definition) is 2. The molecule has 26 heavy (non-hydrogen) atoms. The molecule has 148 valence electrons. The summed E-state index contributed by atoms with van der Waals surface area (Å²) < 4.78 is 40.6. The van der Waals surface area contributed by atoms with Crippen LogP contribution in [-0.4, -0.2) is 36.3 Å². The lowest BCUT2D eigenvalue weighted by Gasteiger charge is -2.27. The Morgan fingerprint density at radius 1 is 1.08 bits per heavy atom. The number of benzene rings is 1. The molecule has 1 aliphatic heterocycles. The molecular formula is C14H19Cl3F3N5O. The number of likely N-dealkylation sites (tertiary alicyclic amines) is 1. The van der Waals surface area contributed by atoms with Crippen LogP contribution in [0.2, 0.25) is 5.02 Å². The summed E-state index contributed by atoms with van der Waals surface area (Å²) >= 11 is 5.76. The van der Waals surface area contributed by atoms with Gasteiger partial charge in [0.05, 0.1) is 5.69 Å². The molecule has 1 aromatic carbocycles. The van der Waals surface area contributed by atoms with Crippen LogP contribution in [0.15, 0.2) is 28.2 Å². The first-order valence-electron chi connectivity index (χ1n) is 7.22. The maximum atomic E-state index is 12.3. The molecule has 0 unspecified atom stereocenters. The Hall–Kier alpha value is -1.58. The number of halogens is 6. The largest absolute Gasteiger partial charge is 0.573 e. The Morgan fingerprint density at radius 2 is 1.69 bits per heavy atom. The van der Waals surface area contributed by atoms with Gasteiger partial charge in [-0.1, -0.05) is 11.6 Å². The average Bonchev–Trinajstić information content (AvgIpc) is 2.45. The van der Waals surface area contributed by atoms with Gasteiger partial charge in [0.25, 0.3) is 0 Å². The van der Waals surface area contributed by atoms with Crippen molar-refractivity contribution in [3.8, 4) is 5.75 Å². The maximum absolute atomic E-state index is 12.3. The highest BCUT2D eigenvalue weighted by atomic mass is 35.5. The van der Waals surface area contributed by atoms with E-state index < -0.39 is 12.1 Å². The molecule has 0 atom stereocenters. The van der Waals surface area contributed by atoms with E-state index in [1.807, 2.05) is 4.90 Å². The third-order valence-electron chi connectivity index (χ3n) is 3.24. The Kier molecular flexibility index (Phi) is 9.90. The second-order valence-corrected chi connectivity index (χ2v) is 5.62. The Balaban J connectivity index is 0.00000312. The summed E-state index contributed by atoms with van der Waals surface area (Å²) in [5.74, 6) is -0.447. The third kappa shape index (κ3) is 8.20. The standard InChI is InChI=1S/C14H17ClF3N5O.2ClH/c15-9-6-10(8-11(7-9)24-14(16,17)18)21-12(19)22-13(20)23-4-2-1-3-5-23;;/h6-8H,1-5H2,(H4,19,20,21,22);2*1H. The number of hydrogen-bond acceptors (Lipinski definition) is 2. The van der Waals surface area contributed by atoms with E-state index in [4.69, 9.17) is 23.1 Å². The molecule has 12 heteroatoms. The van der Waals surface area contributed by atoms with E-state index in [2.05, 4.69) is 14.7 Å². The number of piperidine rings is 1. The summed E-state index contributed by atoms with van der Waals surface area (Å²) in [4.78, 5) is 9.76. The van der Waals surface area contributed by atoms with E-state index in [9.17, 15) is 13.2 Å². The van der Waals surface area contributed by atoms with Crippen LogP contribution in [0.25, 0.3) is 0 Å². The molecule has 0 saturated carbocycles. The predicted octanol–water partition coefficient (Wildman–Crippen LogP) is 3.83. The lowest BCUT2D eigenvalue weighted by atomic mass is 10.1. The summed E-state index contributed by atoms with van der Waals surface area (Å²) in [6.07, 6.45) is -1.66. The van der Waals surface area contributed by atoms with Crippen molar-refractivity contribution in [2.45, 2.75) is 25.6 Å². The number of nitrogens with two attached hydrogens (primary N) is 2. The number of ether oxygens (including phenoxy) is 1. The van der Waals surface area contributed by atoms with Crippen molar-refractivity contribution in [2.24, 2.45) is 21.5 Å². The topological polar surface area (TPSA) is 89.2 Å². The minimum absolute atomic E-state index is 0. The quantitative estimate of drug-likeness (QED) is 0.545. The minimum atomic E-state index is -4.83. The number of guanidine groups is 2. The second-order valence-electron chi connectivity index (χ2n) is 5.18. The second kappa shape index (κ2) is 10.5. The molecule has 1 aliphatic rings. The first-order chi connectivity index (χ1) is 11.2. The molecule has 2 rings (SSSR count). The Bertz CT molecular complexity index is 649. The van der Waals surface area contributed by atoms with Crippen LogP contribution in [-0.2, 0) is 0 Å². The van der Waals surface area contributed by atoms with Gasteiger partial charge >= 0.3 is 6.36 Å². The molecule has 0 bridgehead atoms. The summed E-state index contributed by atoms with van der Waals surface area (Å²) in [7, 11) is 0. The van der Waals surface area contributed by atoms with E-state index in [0.717, 1.165) is 44.5 Å². The van der Waals surface area contributed by atoms with Crippen LogP contribution in [0.4, 0.5) is 18.9 Å². The molecular weight excluding hydrogens is 418 g/mol. The molecule has 1 fully saturated rings. The van der Waals surface area contributed by atoms with Crippen molar-refractivity contribution in [1.82, 2.24) is 4.90 Å². The van der Waals surface area contributed by atoms with Crippen LogP contribution in [0.3, 0.4) is 0 Å². The van der Waals surface area contributed by atoms with E-state index in [0.29, 0.717) is 0 Å². The van der Waals surface area contributed by atoms with Crippen molar-refractivity contribution < 1.29 is 17.9 Å². The third-order valence-corrected chi connectivity index (χ3v) is 3.46. The number of aliphatic imine (C=N–C) groups is 2. The fourth-order valence-electron chi connectivity index (χ4n) is 2.27. The molecule has 0 amide bonds. The van der Waals surface area contributed by atoms with E-state index in [1.165, 1.54) is 6.07 Å². The summed E-state index contributed by atoms with van der Waals surface area (Å²) in [5, 5.41) is 0.0243. The highest BCUT2D eigenvalue weighted by Crippen LogP contribution is 2.30. The van der Waals surface area contributed by atoms with Gasteiger partial charge in [-0.15, -0.1) is 38.0 Å². The highest BCUT2D eigenvalue weighted by Gasteiger charge is 2.31.